The van der Waals surface area contributed by atoms with Gasteiger partial charge in [0, 0.05) is 18.2 Å². The van der Waals surface area contributed by atoms with Gasteiger partial charge in [0.15, 0.2) is 5.16 Å². The number of hydrogen-bond donors (Lipinski definition) is 0. The summed E-state index contributed by atoms with van der Waals surface area (Å²) in [4.78, 5) is 24.5. The van der Waals surface area contributed by atoms with E-state index in [0.717, 1.165) is 5.52 Å². The SMILES string of the molecule is COc1cccc(-n2c(=O)c3ccccc3n3c(SCCC(C)=O)nnc23)c1. The minimum Gasteiger partial charge on any atom is -0.497 e. The molecule has 8 heteroatoms. The topological polar surface area (TPSA) is 78.5 Å². The molecule has 28 heavy (non-hydrogen) atoms. The van der Waals surface area contributed by atoms with Crippen LogP contribution in [0.25, 0.3) is 22.4 Å². The predicted molar refractivity (Wildman–Crippen MR) is 109 cm³/mol. The molecule has 2 aromatic heterocycles. The first kappa shape index (κ1) is 18.2. The molecule has 0 aliphatic carbocycles. The smallest absolute Gasteiger partial charge is 0.267 e. The lowest BCUT2D eigenvalue weighted by Gasteiger charge is -2.12. The third-order valence-electron chi connectivity index (χ3n) is 4.39. The molecular formula is C20H18N4O3S. The number of nitrogens with zero attached hydrogens (tertiary/aromatic N) is 4. The van der Waals surface area contributed by atoms with E-state index in [1.165, 1.54) is 16.3 Å². The van der Waals surface area contributed by atoms with Crippen molar-refractivity contribution in [3.05, 3.63) is 58.9 Å². The number of hydrogen-bond acceptors (Lipinski definition) is 6. The fraction of sp³-hybridized carbons (Fsp3) is 0.200. The molecule has 0 saturated heterocycles. The Morgan fingerprint density at radius 1 is 1.14 bits per heavy atom. The summed E-state index contributed by atoms with van der Waals surface area (Å²) in [5.74, 6) is 1.79. The summed E-state index contributed by atoms with van der Waals surface area (Å²) in [6, 6.07) is 14.6. The first-order valence-corrected chi connectivity index (χ1v) is 9.74. The molecule has 0 atom stereocenters. The number of benzene rings is 2. The van der Waals surface area contributed by atoms with E-state index in [2.05, 4.69) is 10.2 Å². The van der Waals surface area contributed by atoms with Gasteiger partial charge in [-0.05, 0) is 31.2 Å². The third kappa shape index (κ3) is 3.16. The van der Waals surface area contributed by atoms with Crippen LogP contribution in [0.1, 0.15) is 13.3 Å². The maximum Gasteiger partial charge on any atom is 0.267 e. The third-order valence-corrected chi connectivity index (χ3v) is 5.32. The molecule has 0 N–H and O–H groups in total. The minimum atomic E-state index is -0.177. The summed E-state index contributed by atoms with van der Waals surface area (Å²) in [5, 5.41) is 9.78. The van der Waals surface area contributed by atoms with E-state index in [-0.39, 0.29) is 11.3 Å². The number of ether oxygens (including phenoxy) is 1. The zero-order valence-corrected chi connectivity index (χ0v) is 16.3. The van der Waals surface area contributed by atoms with Crippen molar-refractivity contribution in [1.29, 1.82) is 0 Å². The average Bonchev–Trinajstić information content (AvgIpc) is 3.12. The second kappa shape index (κ2) is 7.47. The molecule has 0 saturated carbocycles. The maximum atomic E-state index is 13.2. The second-order valence-corrected chi connectivity index (χ2v) is 7.34. The van der Waals surface area contributed by atoms with Gasteiger partial charge in [-0.15, -0.1) is 10.2 Å². The fourth-order valence-corrected chi connectivity index (χ4v) is 4.02. The molecule has 0 aliphatic heterocycles. The molecule has 0 amide bonds. The number of ketones is 1. The Labute approximate surface area is 165 Å². The van der Waals surface area contributed by atoms with Crippen LogP contribution in [0.15, 0.2) is 58.5 Å². The summed E-state index contributed by atoms with van der Waals surface area (Å²) >= 11 is 1.45. The number of thioether (sulfide) groups is 1. The van der Waals surface area contributed by atoms with Gasteiger partial charge in [0.05, 0.1) is 23.7 Å². The Morgan fingerprint density at radius 3 is 2.75 bits per heavy atom. The highest BCUT2D eigenvalue weighted by Crippen LogP contribution is 2.24. The van der Waals surface area contributed by atoms with E-state index in [0.29, 0.717) is 39.9 Å². The van der Waals surface area contributed by atoms with Crippen LogP contribution in [-0.4, -0.2) is 37.8 Å². The van der Waals surface area contributed by atoms with Gasteiger partial charge >= 0.3 is 0 Å². The summed E-state index contributed by atoms with van der Waals surface area (Å²) in [6.45, 7) is 1.57. The highest BCUT2D eigenvalue weighted by Gasteiger charge is 2.18. The molecule has 0 aliphatic rings. The van der Waals surface area contributed by atoms with Crippen molar-refractivity contribution in [2.75, 3.05) is 12.9 Å². The van der Waals surface area contributed by atoms with Gasteiger partial charge in [0.25, 0.3) is 5.56 Å². The quantitative estimate of drug-likeness (QED) is 0.468. The number of methoxy groups -OCH3 is 1. The van der Waals surface area contributed by atoms with Crippen molar-refractivity contribution in [3.8, 4) is 11.4 Å². The van der Waals surface area contributed by atoms with Crippen molar-refractivity contribution in [2.45, 2.75) is 18.5 Å². The molecule has 0 radical (unpaired) electrons. The number of carbonyl (C=O) groups excluding carboxylic acids is 1. The molecule has 4 rings (SSSR count). The summed E-state index contributed by atoms with van der Waals surface area (Å²) in [6.07, 6.45) is 0.451. The monoisotopic (exact) mass is 394 g/mol. The molecule has 142 valence electrons. The summed E-state index contributed by atoms with van der Waals surface area (Å²) in [5.41, 5.74) is 1.20. The number of carbonyl (C=O) groups is 1. The molecule has 2 aromatic carbocycles. The number of Topliss-reactive ketones (excluding diaryl/α,β-unsaturated/α-hetero) is 1. The number of aromatic nitrogens is 4. The Morgan fingerprint density at radius 2 is 1.96 bits per heavy atom. The number of rotatable bonds is 6. The Bertz CT molecular complexity index is 1250. The van der Waals surface area contributed by atoms with Gasteiger partial charge in [0.2, 0.25) is 5.78 Å². The first-order chi connectivity index (χ1) is 13.6. The lowest BCUT2D eigenvalue weighted by atomic mass is 10.2. The average molecular weight is 394 g/mol. The largest absolute Gasteiger partial charge is 0.497 e. The van der Waals surface area contributed by atoms with E-state index in [1.54, 1.807) is 26.2 Å². The van der Waals surface area contributed by atoms with Gasteiger partial charge in [-0.2, -0.15) is 0 Å². The predicted octanol–water partition coefficient (Wildman–Crippen LogP) is 3.11. The van der Waals surface area contributed by atoms with Crippen molar-refractivity contribution in [3.63, 3.8) is 0 Å². The van der Waals surface area contributed by atoms with Crippen molar-refractivity contribution in [2.24, 2.45) is 0 Å². The molecule has 0 fully saturated rings. The molecule has 0 spiro atoms. The van der Waals surface area contributed by atoms with E-state index >= 15 is 0 Å². The first-order valence-electron chi connectivity index (χ1n) is 8.75. The molecule has 0 bridgehead atoms. The Hall–Kier alpha value is -3.13. The van der Waals surface area contributed by atoms with Gasteiger partial charge < -0.3 is 4.74 Å². The van der Waals surface area contributed by atoms with Crippen LogP contribution in [-0.2, 0) is 4.79 Å². The normalized spacial score (nSPS) is 11.2. The fourth-order valence-electron chi connectivity index (χ4n) is 3.04. The highest BCUT2D eigenvalue weighted by atomic mass is 32.2. The molecular weight excluding hydrogens is 376 g/mol. The van der Waals surface area contributed by atoms with Crippen LogP contribution >= 0.6 is 11.8 Å². The summed E-state index contributed by atoms with van der Waals surface area (Å²) < 4.78 is 8.70. The van der Waals surface area contributed by atoms with Crippen LogP contribution in [0.2, 0.25) is 0 Å². The van der Waals surface area contributed by atoms with Crippen LogP contribution < -0.4 is 10.3 Å². The van der Waals surface area contributed by atoms with Gasteiger partial charge in [0.1, 0.15) is 11.5 Å². The molecule has 2 heterocycles. The van der Waals surface area contributed by atoms with E-state index in [9.17, 15) is 9.59 Å². The Kier molecular flexibility index (Phi) is 4.87. The second-order valence-electron chi connectivity index (χ2n) is 6.28. The Balaban J connectivity index is 1.99. The van der Waals surface area contributed by atoms with E-state index < -0.39 is 0 Å². The van der Waals surface area contributed by atoms with Crippen LogP contribution in [0.5, 0.6) is 5.75 Å². The lowest BCUT2D eigenvalue weighted by Crippen LogP contribution is -2.21. The molecule has 4 aromatic rings. The van der Waals surface area contributed by atoms with Crippen molar-refractivity contribution in [1.82, 2.24) is 19.2 Å². The van der Waals surface area contributed by atoms with Gasteiger partial charge in [-0.3, -0.25) is 14.0 Å². The van der Waals surface area contributed by atoms with E-state index in [1.807, 2.05) is 40.8 Å². The molecule has 0 unspecified atom stereocenters. The van der Waals surface area contributed by atoms with Crippen molar-refractivity contribution >= 4 is 34.2 Å². The van der Waals surface area contributed by atoms with Crippen LogP contribution in [0.4, 0.5) is 0 Å². The number of para-hydroxylation sites is 1. The molecule has 7 nitrogen and oxygen atoms in total. The zero-order valence-electron chi connectivity index (χ0n) is 15.5. The summed E-state index contributed by atoms with van der Waals surface area (Å²) in [7, 11) is 1.58. The lowest BCUT2D eigenvalue weighted by molar-refractivity contribution is -0.116. The van der Waals surface area contributed by atoms with Crippen LogP contribution in [0.3, 0.4) is 0 Å². The standard InChI is InChI=1S/C20H18N4O3S/c1-13(25)10-11-28-20-22-21-19-23(14-6-5-7-15(12-14)27-2)18(26)16-8-3-4-9-17(16)24(19)20/h3-9,12H,10-11H2,1-2H3. The number of fused-ring (bicyclic) bond motifs is 3. The van der Waals surface area contributed by atoms with Crippen molar-refractivity contribution < 1.29 is 9.53 Å². The van der Waals surface area contributed by atoms with Gasteiger partial charge in [-0.25, -0.2) is 4.57 Å². The zero-order chi connectivity index (χ0) is 19.7. The minimum absolute atomic E-state index is 0.125. The maximum absolute atomic E-state index is 13.2. The van der Waals surface area contributed by atoms with E-state index in [4.69, 9.17) is 4.74 Å². The highest BCUT2D eigenvalue weighted by molar-refractivity contribution is 7.99. The van der Waals surface area contributed by atoms with Gasteiger partial charge in [-0.1, -0.05) is 30.0 Å². The van der Waals surface area contributed by atoms with Crippen LogP contribution in [0, 0.1) is 0 Å².